The second kappa shape index (κ2) is 3.83. The Kier molecular flexibility index (Phi) is 2.64. The lowest BCUT2D eigenvalue weighted by Crippen LogP contribution is -2.13. The van der Waals surface area contributed by atoms with Crippen LogP contribution in [0.1, 0.15) is 11.1 Å². The number of rotatable bonds is 2. The number of aryl methyl sites for hydroxylation is 2. The molecule has 0 unspecified atom stereocenters. The fourth-order valence-electron chi connectivity index (χ4n) is 2.09. The van der Waals surface area contributed by atoms with E-state index in [0.29, 0.717) is 0 Å². The average molecular weight is 237 g/mol. The third-order valence-electron chi connectivity index (χ3n) is 2.78. The van der Waals surface area contributed by atoms with Crippen molar-refractivity contribution in [2.75, 3.05) is 0 Å². The Bertz CT molecular complexity index is 572. The molecule has 0 aliphatic rings. The van der Waals surface area contributed by atoms with E-state index in [-0.39, 0.29) is 12.3 Å². The molecule has 1 amide bonds. The fourth-order valence-corrected chi connectivity index (χ4v) is 2.24. The maximum absolute atomic E-state index is 11.0. The van der Waals surface area contributed by atoms with Gasteiger partial charge in [0.15, 0.2) is 0 Å². The van der Waals surface area contributed by atoms with Crippen LogP contribution in [0.5, 0.6) is 0 Å². The van der Waals surface area contributed by atoms with E-state index in [1.165, 1.54) is 0 Å². The number of hydrogen-bond donors (Lipinski definition) is 1. The van der Waals surface area contributed by atoms with E-state index >= 15 is 0 Å². The number of amides is 1. The molecule has 84 valence electrons. The smallest absolute Gasteiger partial charge is 0.221 e. The molecule has 2 aromatic rings. The Morgan fingerprint density at radius 2 is 2.19 bits per heavy atom. The lowest BCUT2D eigenvalue weighted by atomic mass is 10.1. The summed E-state index contributed by atoms with van der Waals surface area (Å²) in [5.74, 6) is -0.319. The number of carbonyl (C=O) groups is 1. The number of hydrogen-bond acceptors (Lipinski definition) is 1. The van der Waals surface area contributed by atoms with Crippen molar-refractivity contribution in [3.63, 3.8) is 0 Å². The summed E-state index contributed by atoms with van der Waals surface area (Å²) in [6.07, 6.45) is 2.19. The van der Waals surface area contributed by atoms with E-state index in [1.54, 1.807) is 0 Å². The zero-order valence-corrected chi connectivity index (χ0v) is 10.0. The van der Waals surface area contributed by atoms with Crippen molar-refractivity contribution in [2.45, 2.75) is 13.3 Å². The summed E-state index contributed by atoms with van der Waals surface area (Å²) in [4.78, 5) is 11.0. The van der Waals surface area contributed by atoms with Crippen LogP contribution in [0, 0.1) is 6.92 Å². The molecule has 0 fully saturated rings. The van der Waals surface area contributed by atoms with Crippen LogP contribution in [-0.4, -0.2) is 10.5 Å². The number of primary amides is 1. The highest BCUT2D eigenvalue weighted by Crippen LogP contribution is 2.28. The molecule has 0 aliphatic carbocycles. The maximum atomic E-state index is 11.0. The van der Waals surface area contributed by atoms with Crippen LogP contribution in [0.25, 0.3) is 10.9 Å². The molecule has 2 rings (SSSR count). The van der Waals surface area contributed by atoms with Crippen LogP contribution in [0.3, 0.4) is 0 Å². The topological polar surface area (TPSA) is 48.0 Å². The number of nitrogens with zero attached hydrogens (tertiary/aromatic N) is 1. The summed E-state index contributed by atoms with van der Waals surface area (Å²) < 4.78 is 1.98. The van der Waals surface area contributed by atoms with E-state index in [0.717, 1.165) is 27.1 Å². The monoisotopic (exact) mass is 236 g/mol. The maximum Gasteiger partial charge on any atom is 0.221 e. The van der Waals surface area contributed by atoms with Crippen LogP contribution in [0.2, 0.25) is 5.02 Å². The van der Waals surface area contributed by atoms with Crippen molar-refractivity contribution < 1.29 is 4.79 Å². The van der Waals surface area contributed by atoms with Crippen LogP contribution in [0.4, 0.5) is 0 Å². The normalized spacial score (nSPS) is 10.9. The van der Waals surface area contributed by atoms with E-state index in [9.17, 15) is 4.79 Å². The van der Waals surface area contributed by atoms with Gasteiger partial charge in [-0.1, -0.05) is 17.7 Å². The first kappa shape index (κ1) is 11.0. The van der Waals surface area contributed by atoms with Gasteiger partial charge in [0.05, 0.1) is 11.9 Å². The van der Waals surface area contributed by atoms with Gasteiger partial charge >= 0.3 is 0 Å². The van der Waals surface area contributed by atoms with Gasteiger partial charge in [-0.15, -0.1) is 0 Å². The van der Waals surface area contributed by atoms with Crippen LogP contribution in [0.15, 0.2) is 18.3 Å². The van der Waals surface area contributed by atoms with Crippen molar-refractivity contribution in [1.29, 1.82) is 0 Å². The second-order valence-corrected chi connectivity index (χ2v) is 4.38. The number of aromatic nitrogens is 1. The fraction of sp³-hybridized carbons (Fsp3) is 0.250. The Hall–Kier alpha value is -1.48. The lowest BCUT2D eigenvalue weighted by Gasteiger charge is -2.03. The molecule has 0 radical (unpaired) electrons. The SMILES string of the molecule is Cc1c(Cl)ccc2c(CC(N)=O)cn(C)c12. The standard InChI is InChI=1S/C12H13ClN2O/c1-7-10(13)4-3-9-8(5-11(14)16)6-15(2)12(7)9/h3-4,6H,5H2,1-2H3,(H2,14,16). The first-order valence-corrected chi connectivity index (χ1v) is 5.40. The van der Waals surface area contributed by atoms with E-state index in [1.807, 2.05) is 36.9 Å². The summed E-state index contributed by atoms with van der Waals surface area (Å²) in [6.45, 7) is 1.97. The van der Waals surface area contributed by atoms with Crippen molar-refractivity contribution in [1.82, 2.24) is 4.57 Å². The van der Waals surface area contributed by atoms with Crippen LogP contribution in [-0.2, 0) is 18.3 Å². The minimum atomic E-state index is -0.319. The Morgan fingerprint density at radius 1 is 1.50 bits per heavy atom. The highest BCUT2D eigenvalue weighted by molar-refractivity contribution is 6.32. The molecule has 0 bridgehead atoms. The Morgan fingerprint density at radius 3 is 2.81 bits per heavy atom. The summed E-state index contributed by atoms with van der Waals surface area (Å²) in [7, 11) is 1.94. The van der Waals surface area contributed by atoms with Gasteiger partial charge in [-0.05, 0) is 24.1 Å². The third-order valence-corrected chi connectivity index (χ3v) is 3.19. The number of benzene rings is 1. The molecule has 1 aromatic heterocycles. The van der Waals surface area contributed by atoms with Gasteiger partial charge in [0.25, 0.3) is 0 Å². The van der Waals surface area contributed by atoms with E-state index in [4.69, 9.17) is 17.3 Å². The van der Waals surface area contributed by atoms with Gasteiger partial charge in [0.2, 0.25) is 5.91 Å². The van der Waals surface area contributed by atoms with Gasteiger partial charge in [0, 0.05) is 23.7 Å². The quantitative estimate of drug-likeness (QED) is 0.854. The molecule has 4 heteroatoms. The number of fused-ring (bicyclic) bond motifs is 1. The van der Waals surface area contributed by atoms with Crippen LogP contribution >= 0.6 is 11.6 Å². The molecule has 0 spiro atoms. The number of nitrogens with two attached hydrogens (primary N) is 1. The third kappa shape index (κ3) is 1.67. The molecule has 0 saturated carbocycles. The predicted molar refractivity (Wildman–Crippen MR) is 65.6 cm³/mol. The highest BCUT2D eigenvalue weighted by atomic mass is 35.5. The molecule has 0 saturated heterocycles. The van der Waals surface area contributed by atoms with Gasteiger partial charge < -0.3 is 10.3 Å². The first-order chi connectivity index (χ1) is 7.50. The van der Waals surface area contributed by atoms with Crippen molar-refractivity contribution >= 4 is 28.4 Å². The Balaban J connectivity index is 2.72. The molecule has 0 aliphatic heterocycles. The molecular formula is C12H13ClN2O. The molecule has 1 heterocycles. The van der Waals surface area contributed by atoms with Crippen molar-refractivity contribution in [3.8, 4) is 0 Å². The number of carbonyl (C=O) groups excluding carboxylic acids is 1. The van der Waals surface area contributed by atoms with Crippen LogP contribution < -0.4 is 5.73 Å². The molecule has 16 heavy (non-hydrogen) atoms. The predicted octanol–water partition coefficient (Wildman–Crippen LogP) is 2.17. The van der Waals surface area contributed by atoms with Gasteiger partial charge in [-0.3, -0.25) is 4.79 Å². The van der Waals surface area contributed by atoms with E-state index < -0.39 is 0 Å². The number of halogens is 1. The molecule has 3 nitrogen and oxygen atoms in total. The highest BCUT2D eigenvalue weighted by Gasteiger charge is 2.11. The second-order valence-electron chi connectivity index (χ2n) is 3.98. The average Bonchev–Trinajstić information content (AvgIpc) is 2.49. The summed E-state index contributed by atoms with van der Waals surface area (Å²) in [5, 5.41) is 1.78. The van der Waals surface area contributed by atoms with Gasteiger partial charge in [0.1, 0.15) is 0 Å². The lowest BCUT2D eigenvalue weighted by molar-refractivity contribution is -0.117. The van der Waals surface area contributed by atoms with Gasteiger partial charge in [-0.25, -0.2) is 0 Å². The minimum Gasteiger partial charge on any atom is -0.369 e. The zero-order chi connectivity index (χ0) is 11.9. The first-order valence-electron chi connectivity index (χ1n) is 5.02. The molecule has 2 N–H and O–H groups in total. The molecule has 1 aromatic carbocycles. The zero-order valence-electron chi connectivity index (χ0n) is 9.25. The molecular weight excluding hydrogens is 224 g/mol. The summed E-state index contributed by atoms with van der Waals surface area (Å²) in [6, 6.07) is 3.78. The Labute approximate surface area is 98.8 Å². The largest absolute Gasteiger partial charge is 0.369 e. The van der Waals surface area contributed by atoms with Crippen molar-refractivity contribution in [3.05, 3.63) is 34.5 Å². The minimum absolute atomic E-state index is 0.262. The molecule has 0 atom stereocenters. The van der Waals surface area contributed by atoms with Crippen molar-refractivity contribution in [2.24, 2.45) is 12.8 Å². The van der Waals surface area contributed by atoms with E-state index in [2.05, 4.69) is 0 Å². The summed E-state index contributed by atoms with van der Waals surface area (Å²) >= 11 is 6.07. The van der Waals surface area contributed by atoms with Gasteiger partial charge in [-0.2, -0.15) is 0 Å². The summed E-state index contributed by atoms with van der Waals surface area (Å²) in [5.41, 5.74) is 8.25.